The lowest BCUT2D eigenvalue weighted by Crippen LogP contribution is -2.47. The number of benzene rings is 1. The second-order valence-corrected chi connectivity index (χ2v) is 7.74. The van der Waals surface area contributed by atoms with Crippen LogP contribution in [0.1, 0.15) is 12.0 Å². The molecule has 5 nitrogen and oxygen atoms in total. The van der Waals surface area contributed by atoms with Crippen molar-refractivity contribution in [1.29, 1.82) is 0 Å². The molecule has 1 aromatic carbocycles. The number of carbonyl (C=O) groups excluding carboxylic acids is 2. The predicted molar refractivity (Wildman–Crippen MR) is 88.1 cm³/mol. The van der Waals surface area contributed by atoms with E-state index in [1.807, 2.05) is 30.3 Å². The fourth-order valence-corrected chi connectivity index (χ4v) is 5.41. The minimum Gasteiger partial charge on any atom is -0.480 e. The van der Waals surface area contributed by atoms with E-state index in [1.54, 1.807) is 0 Å². The van der Waals surface area contributed by atoms with Crippen molar-refractivity contribution >= 4 is 17.8 Å². The van der Waals surface area contributed by atoms with E-state index in [4.69, 9.17) is 0 Å². The summed E-state index contributed by atoms with van der Waals surface area (Å²) in [6, 6.07) is 8.06. The zero-order valence-electron chi connectivity index (χ0n) is 13.6. The fraction of sp³-hybridized carbons (Fsp3) is 0.450. The molecule has 3 fully saturated rings. The Morgan fingerprint density at radius 1 is 1.04 bits per heavy atom. The Morgan fingerprint density at radius 3 is 2.12 bits per heavy atom. The highest BCUT2D eigenvalue weighted by molar-refractivity contribution is 6.08. The van der Waals surface area contributed by atoms with Crippen LogP contribution >= 0.6 is 0 Å². The van der Waals surface area contributed by atoms with Crippen LogP contribution < -0.4 is 0 Å². The van der Waals surface area contributed by atoms with Gasteiger partial charge in [-0.25, -0.2) is 4.79 Å². The number of amides is 2. The van der Waals surface area contributed by atoms with Gasteiger partial charge in [0, 0.05) is 6.42 Å². The number of carbonyl (C=O) groups is 3. The standard InChI is InChI=1S/C20H19NO4/c22-18-16-11-6-7-12(14-9-13(11)14)17(16)19(23)21(18)15(20(24)25)8-10-4-2-1-3-5-10/h1-7,11-17H,8-9H2,(H,24,25)/t11-,12-,13+,14+,15-,16-,17+/m1/s1. The molecule has 2 saturated carbocycles. The molecule has 1 aliphatic heterocycles. The maximum atomic E-state index is 13.0. The van der Waals surface area contributed by atoms with Gasteiger partial charge < -0.3 is 5.11 Å². The Labute approximate surface area is 145 Å². The van der Waals surface area contributed by atoms with Crippen molar-refractivity contribution in [1.82, 2.24) is 4.90 Å². The van der Waals surface area contributed by atoms with E-state index in [-0.39, 0.29) is 41.9 Å². The molecule has 1 aromatic rings. The number of hydrogen-bond donors (Lipinski definition) is 1. The van der Waals surface area contributed by atoms with Gasteiger partial charge >= 0.3 is 5.97 Å². The lowest BCUT2D eigenvalue weighted by atomic mass is 9.63. The normalized spacial score (nSPS) is 38.5. The molecule has 2 bridgehead atoms. The van der Waals surface area contributed by atoms with E-state index in [1.165, 1.54) is 0 Å². The number of aliphatic carboxylic acids is 1. The van der Waals surface area contributed by atoms with Crippen molar-refractivity contribution in [3.05, 3.63) is 48.0 Å². The molecule has 5 aliphatic rings. The van der Waals surface area contributed by atoms with E-state index >= 15 is 0 Å². The van der Waals surface area contributed by atoms with Gasteiger partial charge in [-0.05, 0) is 35.7 Å². The summed E-state index contributed by atoms with van der Waals surface area (Å²) in [6.45, 7) is 0. The van der Waals surface area contributed by atoms with E-state index in [0.717, 1.165) is 16.9 Å². The number of rotatable bonds is 4. The highest BCUT2D eigenvalue weighted by Crippen LogP contribution is 2.65. The van der Waals surface area contributed by atoms with Gasteiger partial charge in [-0.1, -0.05) is 42.5 Å². The molecule has 0 radical (unpaired) electrons. The van der Waals surface area contributed by atoms with Crippen LogP contribution in [0.15, 0.2) is 42.5 Å². The van der Waals surface area contributed by atoms with E-state index in [2.05, 4.69) is 12.2 Å². The summed E-state index contributed by atoms with van der Waals surface area (Å²) in [5.74, 6) is -1.08. The average Bonchev–Trinajstić information content (AvgIpc) is 3.39. The van der Waals surface area contributed by atoms with Gasteiger partial charge in [-0.2, -0.15) is 0 Å². The summed E-state index contributed by atoms with van der Waals surface area (Å²) in [5.41, 5.74) is 0.814. The van der Waals surface area contributed by atoms with Crippen molar-refractivity contribution < 1.29 is 19.5 Å². The van der Waals surface area contributed by atoms with E-state index in [9.17, 15) is 19.5 Å². The van der Waals surface area contributed by atoms with E-state index < -0.39 is 12.0 Å². The molecular formula is C20H19NO4. The van der Waals surface area contributed by atoms with Crippen molar-refractivity contribution in [3.8, 4) is 0 Å². The summed E-state index contributed by atoms with van der Waals surface area (Å²) in [5, 5.41) is 9.71. The van der Waals surface area contributed by atoms with Gasteiger partial charge in [0.2, 0.25) is 11.8 Å². The molecular weight excluding hydrogens is 318 g/mol. The SMILES string of the molecule is O=C(O)[C@@H](Cc1ccccc1)N1C(=O)[C@@H]2[C@@H]3C=C[C@H]([C@@H]4C[C@@H]34)[C@@H]2C1=O. The molecule has 0 aromatic heterocycles. The second kappa shape index (κ2) is 5.04. The Hall–Kier alpha value is -2.43. The quantitative estimate of drug-likeness (QED) is 0.671. The Balaban J connectivity index is 1.48. The molecule has 5 heteroatoms. The molecule has 128 valence electrons. The minimum absolute atomic E-state index is 0.118. The maximum absolute atomic E-state index is 13.0. The lowest BCUT2D eigenvalue weighted by molar-refractivity contribution is -0.155. The molecule has 6 rings (SSSR count). The van der Waals surface area contributed by atoms with Crippen LogP contribution in [-0.4, -0.2) is 33.8 Å². The third kappa shape index (κ3) is 1.98. The Bertz CT molecular complexity index is 765. The van der Waals surface area contributed by atoms with Crippen LogP contribution in [0.25, 0.3) is 0 Å². The van der Waals surface area contributed by atoms with Crippen LogP contribution in [0.2, 0.25) is 0 Å². The first-order chi connectivity index (χ1) is 12.1. The predicted octanol–water partition coefficient (Wildman–Crippen LogP) is 1.74. The largest absolute Gasteiger partial charge is 0.480 e. The summed E-state index contributed by atoms with van der Waals surface area (Å²) < 4.78 is 0. The monoisotopic (exact) mass is 337 g/mol. The maximum Gasteiger partial charge on any atom is 0.327 e. The van der Waals surface area contributed by atoms with Crippen LogP contribution in [0, 0.1) is 35.5 Å². The molecule has 0 unspecified atom stereocenters. The van der Waals surface area contributed by atoms with Crippen molar-refractivity contribution in [3.63, 3.8) is 0 Å². The first-order valence-electron chi connectivity index (χ1n) is 8.90. The molecule has 4 aliphatic carbocycles. The number of likely N-dealkylation sites (tertiary alicyclic amines) is 1. The molecule has 0 spiro atoms. The second-order valence-electron chi connectivity index (χ2n) is 7.74. The highest BCUT2D eigenvalue weighted by Gasteiger charge is 2.67. The van der Waals surface area contributed by atoms with Gasteiger partial charge in [0.05, 0.1) is 11.8 Å². The molecule has 25 heavy (non-hydrogen) atoms. The van der Waals surface area contributed by atoms with Gasteiger partial charge in [-0.15, -0.1) is 0 Å². The van der Waals surface area contributed by atoms with Crippen LogP contribution in [0.5, 0.6) is 0 Å². The number of nitrogens with zero attached hydrogens (tertiary/aromatic N) is 1. The lowest BCUT2D eigenvalue weighted by Gasteiger charge is -2.37. The summed E-state index contributed by atoms with van der Waals surface area (Å²) in [4.78, 5) is 39.0. The molecule has 2 amide bonds. The van der Waals surface area contributed by atoms with Crippen molar-refractivity contribution in [2.45, 2.75) is 18.9 Å². The number of carboxylic acids is 1. The number of allylic oxidation sites excluding steroid dienone is 2. The molecule has 1 heterocycles. The number of hydrogen-bond acceptors (Lipinski definition) is 3. The van der Waals surface area contributed by atoms with Gasteiger partial charge in [-0.3, -0.25) is 14.5 Å². The van der Waals surface area contributed by atoms with E-state index in [0.29, 0.717) is 11.8 Å². The topological polar surface area (TPSA) is 74.7 Å². The fourth-order valence-electron chi connectivity index (χ4n) is 5.41. The third-order valence-electron chi connectivity index (χ3n) is 6.57. The summed E-state index contributed by atoms with van der Waals surface area (Å²) >= 11 is 0. The van der Waals surface area contributed by atoms with Crippen molar-refractivity contribution in [2.24, 2.45) is 35.5 Å². The molecule has 1 saturated heterocycles. The average molecular weight is 337 g/mol. The number of imide groups is 1. The number of carboxylic acid groups (broad SMARTS) is 1. The van der Waals surface area contributed by atoms with Crippen LogP contribution in [0.4, 0.5) is 0 Å². The Morgan fingerprint density at radius 2 is 1.60 bits per heavy atom. The van der Waals surface area contributed by atoms with Crippen LogP contribution in [0.3, 0.4) is 0 Å². The first kappa shape index (κ1) is 14.9. The zero-order chi connectivity index (χ0) is 17.3. The first-order valence-corrected chi connectivity index (χ1v) is 8.90. The van der Waals surface area contributed by atoms with Crippen LogP contribution in [-0.2, 0) is 20.8 Å². The van der Waals surface area contributed by atoms with Crippen molar-refractivity contribution in [2.75, 3.05) is 0 Å². The third-order valence-corrected chi connectivity index (χ3v) is 6.57. The minimum atomic E-state index is -1.12. The highest BCUT2D eigenvalue weighted by atomic mass is 16.4. The Kier molecular flexibility index (Phi) is 3.00. The van der Waals surface area contributed by atoms with Gasteiger partial charge in [0.1, 0.15) is 6.04 Å². The van der Waals surface area contributed by atoms with Gasteiger partial charge in [0.25, 0.3) is 0 Å². The van der Waals surface area contributed by atoms with Gasteiger partial charge in [0.15, 0.2) is 0 Å². The molecule has 1 N–H and O–H groups in total. The summed E-state index contributed by atoms with van der Waals surface area (Å²) in [7, 11) is 0. The smallest absolute Gasteiger partial charge is 0.327 e. The molecule has 7 atom stereocenters. The zero-order valence-corrected chi connectivity index (χ0v) is 13.6. The summed E-state index contributed by atoms with van der Waals surface area (Å²) in [6.07, 6.45) is 5.45.